The van der Waals surface area contributed by atoms with Gasteiger partial charge < -0.3 is 14.7 Å². The van der Waals surface area contributed by atoms with Gasteiger partial charge in [0.25, 0.3) is 0 Å². The molecule has 0 fully saturated rings. The number of carbonyl (C=O) groups is 2. The maximum Gasteiger partial charge on any atom is 0.512 e. The molecule has 0 spiro atoms. The van der Waals surface area contributed by atoms with Crippen molar-refractivity contribution in [2.45, 2.75) is 26.8 Å². The molecule has 0 saturated heterocycles. The van der Waals surface area contributed by atoms with E-state index in [9.17, 15) is 23.5 Å². The van der Waals surface area contributed by atoms with Crippen molar-refractivity contribution in [2.75, 3.05) is 4.90 Å². The zero-order valence-corrected chi connectivity index (χ0v) is 17.8. The predicted molar refractivity (Wildman–Crippen MR) is 115 cm³/mol. The van der Waals surface area contributed by atoms with E-state index in [1.165, 1.54) is 11.0 Å². The molecule has 0 aliphatic carbocycles. The van der Waals surface area contributed by atoms with Gasteiger partial charge in [0.1, 0.15) is 11.6 Å². The summed E-state index contributed by atoms with van der Waals surface area (Å²) in [6.45, 7) is 3.54. The lowest BCUT2D eigenvalue weighted by Gasteiger charge is -2.24. The molecule has 0 aliphatic rings. The molecule has 0 radical (unpaired) electrons. The monoisotopic (exact) mass is 445 g/mol. The summed E-state index contributed by atoms with van der Waals surface area (Å²) in [5.41, 5.74) is 1.14. The van der Waals surface area contributed by atoms with Crippen molar-refractivity contribution in [3.8, 4) is 15.5 Å². The molecule has 3 aromatic rings. The van der Waals surface area contributed by atoms with Gasteiger partial charge in [0.2, 0.25) is 11.0 Å². The topological polar surface area (TPSA) is 66.8 Å². The van der Waals surface area contributed by atoms with Crippen molar-refractivity contribution in [1.82, 2.24) is 0 Å². The highest BCUT2D eigenvalue weighted by atomic mass is 32.1. The van der Waals surface area contributed by atoms with Crippen molar-refractivity contribution < 1.29 is 28.2 Å². The third-order valence-corrected chi connectivity index (χ3v) is 5.49. The first-order valence-electron chi connectivity index (χ1n) is 9.59. The summed E-state index contributed by atoms with van der Waals surface area (Å²) in [5.74, 6) is -1.82. The molecule has 0 saturated carbocycles. The standard InChI is InChI=1S/C23H21F2NO4S/c1-14(2)10-21(27)26(13-16-8-9-17(24)11-18(16)25)19-12-20(15-6-4-3-5-7-15)31-22(19)30-23(28)29/h3-9,11-12,14H,10,13H2,1-2H3,(H,28,29). The van der Waals surface area contributed by atoms with Gasteiger partial charge in [-0.1, -0.05) is 61.6 Å². The predicted octanol–water partition coefficient (Wildman–Crippen LogP) is 6.33. The Hall–Kier alpha value is -3.26. The minimum atomic E-state index is -1.52. The second kappa shape index (κ2) is 9.70. The normalized spacial score (nSPS) is 10.9. The second-order valence-electron chi connectivity index (χ2n) is 7.33. The van der Waals surface area contributed by atoms with Crippen LogP contribution in [0.15, 0.2) is 54.6 Å². The first-order chi connectivity index (χ1) is 14.7. The molecule has 1 amide bonds. The van der Waals surface area contributed by atoms with Gasteiger partial charge in [-0.15, -0.1) is 0 Å². The molecule has 0 aliphatic heterocycles. The lowest BCUT2D eigenvalue weighted by Crippen LogP contribution is -2.31. The first-order valence-corrected chi connectivity index (χ1v) is 10.4. The first kappa shape index (κ1) is 22.4. The molecule has 1 heterocycles. The Morgan fingerprint density at radius 3 is 2.42 bits per heavy atom. The van der Waals surface area contributed by atoms with E-state index < -0.39 is 17.8 Å². The van der Waals surface area contributed by atoms with E-state index >= 15 is 0 Å². The Bertz CT molecular complexity index is 1080. The highest BCUT2D eigenvalue weighted by Crippen LogP contribution is 2.44. The van der Waals surface area contributed by atoms with E-state index in [-0.39, 0.29) is 41.1 Å². The number of hydrogen-bond donors (Lipinski definition) is 1. The molecule has 0 unspecified atom stereocenters. The molecule has 162 valence electrons. The fraction of sp³-hybridized carbons (Fsp3) is 0.217. The number of rotatable bonds is 7. The Morgan fingerprint density at radius 1 is 1.10 bits per heavy atom. The SMILES string of the molecule is CC(C)CC(=O)N(Cc1ccc(F)cc1F)c1cc(-c2ccccc2)sc1OC(=O)O. The third kappa shape index (κ3) is 5.67. The fourth-order valence-corrected chi connectivity index (χ4v) is 4.05. The van der Waals surface area contributed by atoms with Crippen LogP contribution in [0.2, 0.25) is 0 Å². The number of carboxylic acid groups (broad SMARTS) is 1. The van der Waals surface area contributed by atoms with Gasteiger partial charge in [0.05, 0.1) is 12.2 Å². The van der Waals surface area contributed by atoms with Crippen LogP contribution in [0.4, 0.5) is 19.3 Å². The van der Waals surface area contributed by atoms with Crippen LogP contribution in [0.25, 0.3) is 10.4 Å². The molecule has 31 heavy (non-hydrogen) atoms. The zero-order valence-electron chi connectivity index (χ0n) is 17.0. The average molecular weight is 445 g/mol. The minimum absolute atomic E-state index is 0.00554. The van der Waals surface area contributed by atoms with E-state index in [0.717, 1.165) is 29.0 Å². The van der Waals surface area contributed by atoms with E-state index in [0.29, 0.717) is 4.88 Å². The van der Waals surface area contributed by atoms with Crippen LogP contribution in [0, 0.1) is 17.6 Å². The van der Waals surface area contributed by atoms with Gasteiger partial charge in [-0.2, -0.15) is 0 Å². The number of halogens is 2. The maximum atomic E-state index is 14.3. The average Bonchev–Trinajstić information content (AvgIpc) is 3.10. The Morgan fingerprint density at radius 2 is 1.81 bits per heavy atom. The number of carbonyl (C=O) groups excluding carboxylic acids is 1. The summed E-state index contributed by atoms with van der Waals surface area (Å²) in [5, 5.41) is 9.19. The summed E-state index contributed by atoms with van der Waals surface area (Å²) in [7, 11) is 0. The van der Waals surface area contributed by atoms with Gasteiger partial charge in [-0.25, -0.2) is 13.6 Å². The Kier molecular flexibility index (Phi) is 7.02. The number of anilines is 1. The van der Waals surface area contributed by atoms with Crippen LogP contribution in [0.3, 0.4) is 0 Å². The summed E-state index contributed by atoms with van der Waals surface area (Å²) in [6.07, 6.45) is -1.36. The molecule has 3 rings (SSSR count). The van der Waals surface area contributed by atoms with Crippen molar-refractivity contribution in [1.29, 1.82) is 0 Å². The molecule has 8 heteroatoms. The van der Waals surface area contributed by atoms with Gasteiger partial charge in [0, 0.05) is 22.9 Å². The fourth-order valence-electron chi connectivity index (χ4n) is 3.04. The molecule has 0 bridgehead atoms. The van der Waals surface area contributed by atoms with Gasteiger partial charge in [-0.05, 0) is 23.6 Å². The molecule has 0 atom stereocenters. The lowest BCUT2D eigenvalue weighted by atomic mass is 10.1. The quantitative estimate of drug-likeness (QED) is 0.432. The summed E-state index contributed by atoms with van der Waals surface area (Å²) in [4.78, 5) is 26.3. The van der Waals surface area contributed by atoms with Crippen molar-refractivity contribution in [3.05, 3.63) is 71.8 Å². The van der Waals surface area contributed by atoms with Crippen LogP contribution in [0.5, 0.6) is 5.06 Å². The van der Waals surface area contributed by atoms with Crippen LogP contribution in [-0.2, 0) is 11.3 Å². The second-order valence-corrected chi connectivity index (χ2v) is 8.35. The van der Waals surface area contributed by atoms with E-state index in [4.69, 9.17) is 4.74 Å². The van der Waals surface area contributed by atoms with E-state index in [1.54, 1.807) is 6.07 Å². The summed E-state index contributed by atoms with van der Waals surface area (Å²) >= 11 is 1.07. The Balaban J connectivity index is 2.08. The smallest absolute Gasteiger partial charge is 0.449 e. The zero-order chi connectivity index (χ0) is 22.5. The van der Waals surface area contributed by atoms with Crippen LogP contribution in [0.1, 0.15) is 25.8 Å². The largest absolute Gasteiger partial charge is 0.512 e. The van der Waals surface area contributed by atoms with Crippen molar-refractivity contribution >= 4 is 29.1 Å². The van der Waals surface area contributed by atoms with Crippen LogP contribution < -0.4 is 9.64 Å². The van der Waals surface area contributed by atoms with Gasteiger partial charge >= 0.3 is 6.16 Å². The molecular weight excluding hydrogens is 424 g/mol. The number of amides is 1. The highest BCUT2D eigenvalue weighted by molar-refractivity contribution is 7.18. The number of nitrogens with zero attached hydrogens (tertiary/aromatic N) is 1. The lowest BCUT2D eigenvalue weighted by molar-refractivity contribution is -0.119. The molecule has 1 N–H and O–H groups in total. The molecule has 5 nitrogen and oxygen atoms in total. The number of thiophene rings is 1. The van der Waals surface area contributed by atoms with E-state index in [1.807, 2.05) is 44.2 Å². The molecule has 1 aromatic heterocycles. The number of hydrogen-bond acceptors (Lipinski definition) is 4. The summed E-state index contributed by atoms with van der Waals surface area (Å²) < 4.78 is 32.6. The third-order valence-electron chi connectivity index (χ3n) is 4.44. The van der Waals surface area contributed by atoms with Crippen molar-refractivity contribution in [2.24, 2.45) is 5.92 Å². The van der Waals surface area contributed by atoms with Crippen LogP contribution >= 0.6 is 11.3 Å². The molecular formula is C23H21F2NO4S. The van der Waals surface area contributed by atoms with Gasteiger partial charge in [-0.3, -0.25) is 4.79 Å². The minimum Gasteiger partial charge on any atom is -0.449 e. The van der Waals surface area contributed by atoms with Gasteiger partial charge in [0.15, 0.2) is 0 Å². The van der Waals surface area contributed by atoms with E-state index in [2.05, 4.69) is 0 Å². The van der Waals surface area contributed by atoms with Crippen molar-refractivity contribution in [3.63, 3.8) is 0 Å². The number of benzene rings is 2. The molecule has 2 aromatic carbocycles. The highest BCUT2D eigenvalue weighted by Gasteiger charge is 2.26. The van der Waals surface area contributed by atoms with Crippen LogP contribution in [-0.4, -0.2) is 17.2 Å². The maximum absolute atomic E-state index is 14.3. The summed E-state index contributed by atoms with van der Waals surface area (Å²) in [6, 6.07) is 14.0. The Labute approximate surface area is 182 Å². The number of ether oxygens (including phenoxy) is 1.